The van der Waals surface area contributed by atoms with Gasteiger partial charge in [-0.05, 0) is 37.0 Å². The van der Waals surface area contributed by atoms with E-state index in [9.17, 15) is 9.90 Å². The predicted octanol–water partition coefficient (Wildman–Crippen LogP) is 3.56. The molecule has 4 atom stereocenters. The fraction of sp³-hybridized carbons (Fsp3) is 0.650. The Morgan fingerprint density at radius 3 is 2.44 bits per heavy atom. The second kappa shape index (κ2) is 5.93. The molecule has 5 heteroatoms. The second-order valence-electron chi connectivity index (χ2n) is 9.33. The molecule has 0 spiro atoms. The summed E-state index contributed by atoms with van der Waals surface area (Å²) in [4.78, 5) is 14.8. The number of fused-ring (bicyclic) bond motifs is 2. The summed E-state index contributed by atoms with van der Waals surface area (Å²) in [6.45, 7) is 13.3. The molecule has 0 radical (unpaired) electrons. The van der Waals surface area contributed by atoms with Gasteiger partial charge in [0, 0.05) is 6.54 Å². The minimum atomic E-state index is -2.05. The van der Waals surface area contributed by atoms with Gasteiger partial charge in [0.25, 0.3) is 0 Å². The molecule has 1 aromatic rings. The average molecular weight is 362 g/mol. The summed E-state index contributed by atoms with van der Waals surface area (Å²) in [7, 11) is -2.05. The number of carbonyl (C=O) groups excluding carboxylic acids is 1. The predicted molar refractivity (Wildman–Crippen MR) is 102 cm³/mol. The SMILES string of the molecule is CC(C)(C)[Si](C)(C)O[C@H]1[C@@H]2C[C@@H](N(Cc3ccccc3)C2=O)[C@@]1(C)O. The Bertz CT molecular complexity index is 651. The van der Waals surface area contributed by atoms with E-state index in [2.05, 4.69) is 33.9 Å². The van der Waals surface area contributed by atoms with Crippen LogP contribution in [0.25, 0.3) is 0 Å². The number of nitrogens with zero attached hydrogens (tertiary/aromatic N) is 1. The zero-order valence-corrected chi connectivity index (χ0v) is 17.2. The van der Waals surface area contributed by atoms with Crippen LogP contribution in [0.4, 0.5) is 0 Å². The molecule has 1 aromatic carbocycles. The number of rotatable bonds is 4. The highest BCUT2D eigenvalue weighted by Gasteiger charge is 2.64. The molecule has 1 amide bonds. The molecule has 1 heterocycles. The van der Waals surface area contributed by atoms with Crippen LogP contribution >= 0.6 is 0 Å². The Morgan fingerprint density at radius 2 is 1.88 bits per heavy atom. The molecule has 2 aliphatic rings. The molecule has 2 fully saturated rings. The maximum absolute atomic E-state index is 13.0. The van der Waals surface area contributed by atoms with E-state index in [0.29, 0.717) is 13.0 Å². The van der Waals surface area contributed by atoms with Crippen LogP contribution in [0.15, 0.2) is 30.3 Å². The normalized spacial score (nSPS) is 32.5. The molecule has 4 nitrogen and oxygen atoms in total. The molecular formula is C20H31NO3Si. The Morgan fingerprint density at radius 1 is 1.28 bits per heavy atom. The van der Waals surface area contributed by atoms with Gasteiger partial charge < -0.3 is 14.4 Å². The molecule has 1 saturated heterocycles. The third-order valence-electron chi connectivity index (χ3n) is 6.49. The Kier molecular flexibility index (Phi) is 4.41. The van der Waals surface area contributed by atoms with E-state index in [0.717, 1.165) is 5.56 Å². The lowest BCUT2D eigenvalue weighted by atomic mass is 9.91. The van der Waals surface area contributed by atoms with Crippen LogP contribution in [0, 0.1) is 5.92 Å². The Balaban J connectivity index is 1.81. The van der Waals surface area contributed by atoms with Crippen molar-refractivity contribution in [3.8, 4) is 0 Å². The van der Waals surface area contributed by atoms with E-state index in [1.54, 1.807) is 0 Å². The van der Waals surface area contributed by atoms with Crippen LogP contribution in [-0.4, -0.2) is 42.0 Å². The molecule has 0 unspecified atom stereocenters. The molecule has 1 saturated carbocycles. The number of hydrogen-bond acceptors (Lipinski definition) is 3. The number of aliphatic hydroxyl groups is 1. The molecular weight excluding hydrogens is 330 g/mol. The first-order valence-corrected chi connectivity index (χ1v) is 12.1. The van der Waals surface area contributed by atoms with Crippen molar-refractivity contribution >= 4 is 14.2 Å². The fourth-order valence-electron chi connectivity index (χ4n) is 3.90. The van der Waals surface area contributed by atoms with Gasteiger partial charge in [0.1, 0.15) is 5.60 Å². The highest BCUT2D eigenvalue weighted by atomic mass is 28.4. The maximum atomic E-state index is 13.0. The lowest BCUT2D eigenvalue weighted by Gasteiger charge is -2.47. The summed E-state index contributed by atoms with van der Waals surface area (Å²) < 4.78 is 6.52. The van der Waals surface area contributed by atoms with Crippen molar-refractivity contribution < 1.29 is 14.3 Å². The van der Waals surface area contributed by atoms with Gasteiger partial charge in [-0.15, -0.1) is 0 Å². The second-order valence-corrected chi connectivity index (χ2v) is 14.1. The number of likely N-dealkylation sites (tertiary alicyclic amines) is 1. The highest BCUT2D eigenvalue weighted by molar-refractivity contribution is 6.74. The van der Waals surface area contributed by atoms with Crippen LogP contribution in [0.1, 0.15) is 39.7 Å². The summed E-state index contributed by atoms with van der Waals surface area (Å²) >= 11 is 0. The maximum Gasteiger partial charge on any atom is 0.229 e. The van der Waals surface area contributed by atoms with Crippen LogP contribution < -0.4 is 0 Å². The fourth-order valence-corrected chi connectivity index (χ4v) is 5.29. The first kappa shape index (κ1) is 18.6. The molecule has 0 aromatic heterocycles. The first-order chi connectivity index (χ1) is 11.4. The summed E-state index contributed by atoms with van der Waals surface area (Å²) in [6.07, 6.45) is 0.302. The summed E-state index contributed by atoms with van der Waals surface area (Å²) in [6, 6.07) is 9.82. The van der Waals surface area contributed by atoms with Crippen molar-refractivity contribution in [1.82, 2.24) is 4.90 Å². The van der Waals surface area contributed by atoms with Crippen molar-refractivity contribution in [2.45, 2.75) is 76.5 Å². The van der Waals surface area contributed by atoms with E-state index in [1.807, 2.05) is 42.2 Å². The van der Waals surface area contributed by atoms with Gasteiger partial charge in [-0.3, -0.25) is 4.79 Å². The van der Waals surface area contributed by atoms with Crippen molar-refractivity contribution in [3.05, 3.63) is 35.9 Å². The molecule has 3 rings (SSSR count). The van der Waals surface area contributed by atoms with Crippen molar-refractivity contribution in [2.75, 3.05) is 0 Å². The summed E-state index contributed by atoms with van der Waals surface area (Å²) in [5.74, 6) is -0.0954. The van der Waals surface area contributed by atoms with Crippen LogP contribution in [0.3, 0.4) is 0 Å². The minimum absolute atomic E-state index is 0.0533. The molecule has 2 bridgehead atoms. The van der Waals surface area contributed by atoms with Gasteiger partial charge in [0.05, 0.1) is 18.1 Å². The van der Waals surface area contributed by atoms with Gasteiger partial charge >= 0.3 is 0 Å². The smallest absolute Gasteiger partial charge is 0.229 e. The van der Waals surface area contributed by atoms with Crippen molar-refractivity contribution in [2.24, 2.45) is 5.92 Å². The highest BCUT2D eigenvalue weighted by Crippen LogP contribution is 2.50. The lowest BCUT2D eigenvalue weighted by molar-refractivity contribution is -0.158. The first-order valence-electron chi connectivity index (χ1n) is 9.20. The third-order valence-corrected chi connectivity index (χ3v) is 10.9. The Hall–Kier alpha value is -1.17. The molecule has 1 aliphatic heterocycles. The van der Waals surface area contributed by atoms with E-state index in [4.69, 9.17) is 4.43 Å². The van der Waals surface area contributed by atoms with Gasteiger partial charge in [-0.25, -0.2) is 0 Å². The summed E-state index contributed by atoms with van der Waals surface area (Å²) in [5.41, 5.74) is 0.101. The largest absolute Gasteiger partial charge is 0.410 e. The monoisotopic (exact) mass is 361 g/mol. The zero-order valence-electron chi connectivity index (χ0n) is 16.2. The molecule has 25 heavy (non-hydrogen) atoms. The zero-order chi connectivity index (χ0) is 18.6. The van der Waals surface area contributed by atoms with Gasteiger partial charge in [-0.2, -0.15) is 0 Å². The number of carbonyl (C=O) groups is 1. The lowest BCUT2D eigenvalue weighted by Crippen LogP contribution is -2.62. The minimum Gasteiger partial charge on any atom is -0.410 e. The molecule has 1 aliphatic carbocycles. The number of amides is 1. The topological polar surface area (TPSA) is 49.8 Å². The summed E-state index contributed by atoms with van der Waals surface area (Å²) in [5, 5.41) is 11.3. The van der Waals surface area contributed by atoms with E-state index < -0.39 is 20.0 Å². The van der Waals surface area contributed by atoms with Gasteiger partial charge in [-0.1, -0.05) is 51.1 Å². The number of hydrogen-bond donors (Lipinski definition) is 1. The van der Waals surface area contributed by atoms with E-state index in [1.165, 1.54) is 0 Å². The number of piperidine rings is 1. The third kappa shape index (κ3) is 3.07. The molecule has 1 N–H and O–H groups in total. The van der Waals surface area contributed by atoms with E-state index >= 15 is 0 Å². The van der Waals surface area contributed by atoms with Crippen LogP contribution in [0.5, 0.6) is 0 Å². The van der Waals surface area contributed by atoms with Gasteiger partial charge in [0.15, 0.2) is 8.32 Å². The average Bonchev–Trinajstić information content (AvgIpc) is 2.94. The van der Waals surface area contributed by atoms with Crippen molar-refractivity contribution in [1.29, 1.82) is 0 Å². The quantitative estimate of drug-likeness (QED) is 0.834. The standard InChI is InChI=1S/C20H31NO3Si/c1-19(2,3)25(5,6)24-17-15-12-16(20(17,4)23)21(18(15)22)13-14-10-8-7-9-11-14/h7-11,15-17,23H,12-13H2,1-6H3/t15-,16+,17-,20+/m0/s1. The Labute approximate surface area is 152 Å². The van der Waals surface area contributed by atoms with Crippen molar-refractivity contribution in [3.63, 3.8) is 0 Å². The number of benzene rings is 1. The van der Waals surface area contributed by atoms with Crippen LogP contribution in [0.2, 0.25) is 18.1 Å². The van der Waals surface area contributed by atoms with Gasteiger partial charge in [0.2, 0.25) is 5.91 Å². The molecule has 138 valence electrons. The van der Waals surface area contributed by atoms with Crippen LogP contribution in [-0.2, 0) is 15.8 Å². The van der Waals surface area contributed by atoms with E-state index in [-0.39, 0.29) is 22.9 Å².